The standard InChI is InChI=1S/C22H29F3N6O4S/c1-13(2)31-36(33,34)18-6-7-19(26-12-18)30-20-27-10-16(11-28-20)15-4-5-17(8-15)35-21(32)29-14(3)9-22(23,24)25/h6-7,10-15,17,31H,4-5,8-9H2,1-3H3,(H,29,32)(H,26,27,28,30)/t14-,15+,17-/m0/s1. The van der Waals surface area contributed by atoms with E-state index in [4.69, 9.17) is 4.74 Å². The molecule has 2 heterocycles. The molecule has 0 saturated heterocycles. The number of anilines is 2. The van der Waals surface area contributed by atoms with Crippen LogP contribution >= 0.6 is 0 Å². The van der Waals surface area contributed by atoms with Crippen molar-refractivity contribution in [1.29, 1.82) is 0 Å². The molecule has 0 spiro atoms. The molecule has 2 aromatic heterocycles. The predicted molar refractivity (Wildman–Crippen MR) is 125 cm³/mol. The van der Waals surface area contributed by atoms with Gasteiger partial charge in [0.25, 0.3) is 0 Å². The average Bonchev–Trinajstić information content (AvgIpc) is 3.20. The Kier molecular flexibility index (Phi) is 8.71. The van der Waals surface area contributed by atoms with Gasteiger partial charge in [-0.05, 0) is 63.6 Å². The minimum Gasteiger partial charge on any atom is -0.446 e. The first-order chi connectivity index (χ1) is 16.8. The van der Waals surface area contributed by atoms with E-state index >= 15 is 0 Å². The van der Waals surface area contributed by atoms with Gasteiger partial charge < -0.3 is 15.4 Å². The van der Waals surface area contributed by atoms with Crippen molar-refractivity contribution in [3.8, 4) is 0 Å². The van der Waals surface area contributed by atoms with Gasteiger partial charge in [-0.2, -0.15) is 13.2 Å². The molecule has 36 heavy (non-hydrogen) atoms. The van der Waals surface area contributed by atoms with Gasteiger partial charge >= 0.3 is 12.3 Å². The predicted octanol–water partition coefficient (Wildman–Crippen LogP) is 4.01. The Morgan fingerprint density at radius 3 is 2.39 bits per heavy atom. The molecule has 1 amide bonds. The van der Waals surface area contributed by atoms with Crippen molar-refractivity contribution in [2.45, 2.75) is 81.6 Å². The summed E-state index contributed by atoms with van der Waals surface area (Å²) in [5.41, 5.74) is 0.839. The quantitative estimate of drug-likeness (QED) is 0.443. The van der Waals surface area contributed by atoms with Crippen molar-refractivity contribution < 1.29 is 31.1 Å². The molecular weight excluding hydrogens is 501 g/mol. The number of alkyl halides is 3. The highest BCUT2D eigenvalue weighted by Crippen LogP contribution is 2.35. The third kappa shape index (κ3) is 8.29. The van der Waals surface area contributed by atoms with Crippen molar-refractivity contribution in [3.63, 3.8) is 0 Å². The molecule has 1 aliphatic rings. The number of nitrogens with one attached hydrogen (secondary N) is 3. The van der Waals surface area contributed by atoms with Crippen LogP contribution in [0, 0.1) is 0 Å². The highest BCUT2D eigenvalue weighted by atomic mass is 32.2. The van der Waals surface area contributed by atoms with E-state index in [1.165, 1.54) is 25.3 Å². The fraction of sp³-hybridized carbons (Fsp3) is 0.545. The van der Waals surface area contributed by atoms with E-state index in [0.717, 1.165) is 5.56 Å². The number of pyridine rings is 1. The Bertz CT molecular complexity index is 1130. The summed E-state index contributed by atoms with van der Waals surface area (Å²) < 4.78 is 69.4. The van der Waals surface area contributed by atoms with E-state index in [9.17, 15) is 26.4 Å². The Labute approximate surface area is 207 Å². The molecule has 0 radical (unpaired) electrons. The van der Waals surface area contributed by atoms with Crippen LogP contribution in [0.2, 0.25) is 0 Å². The first-order valence-corrected chi connectivity index (χ1v) is 12.9. The number of nitrogens with zero attached hydrogens (tertiary/aromatic N) is 3. The van der Waals surface area contributed by atoms with Gasteiger partial charge in [-0.3, -0.25) is 0 Å². The number of sulfonamides is 1. The van der Waals surface area contributed by atoms with E-state index in [2.05, 4.69) is 30.3 Å². The molecule has 0 aliphatic heterocycles. The largest absolute Gasteiger partial charge is 0.446 e. The number of ether oxygens (including phenoxy) is 1. The lowest BCUT2D eigenvalue weighted by molar-refractivity contribution is -0.138. The number of carbonyl (C=O) groups is 1. The van der Waals surface area contributed by atoms with Crippen molar-refractivity contribution in [2.24, 2.45) is 0 Å². The summed E-state index contributed by atoms with van der Waals surface area (Å²) in [6.45, 7) is 4.72. The van der Waals surface area contributed by atoms with Crippen LogP contribution in [0.1, 0.15) is 57.9 Å². The molecule has 198 valence electrons. The lowest BCUT2D eigenvalue weighted by Gasteiger charge is -2.18. The highest BCUT2D eigenvalue weighted by molar-refractivity contribution is 7.89. The molecule has 3 atom stereocenters. The van der Waals surface area contributed by atoms with Crippen LogP contribution in [0.5, 0.6) is 0 Å². The number of aromatic nitrogens is 3. The lowest BCUT2D eigenvalue weighted by atomic mass is 10.0. The smallest absolute Gasteiger partial charge is 0.407 e. The van der Waals surface area contributed by atoms with Gasteiger partial charge in [0.1, 0.15) is 16.8 Å². The normalized spacial score (nSPS) is 19.2. The zero-order valence-corrected chi connectivity index (χ0v) is 20.9. The van der Waals surface area contributed by atoms with Gasteiger partial charge in [-0.15, -0.1) is 0 Å². The highest BCUT2D eigenvalue weighted by Gasteiger charge is 2.32. The van der Waals surface area contributed by atoms with Crippen LogP contribution in [0.3, 0.4) is 0 Å². The summed E-state index contributed by atoms with van der Waals surface area (Å²) in [5, 5.41) is 5.12. The van der Waals surface area contributed by atoms with E-state index in [1.54, 1.807) is 26.2 Å². The minimum absolute atomic E-state index is 0.0412. The first kappa shape index (κ1) is 27.6. The second kappa shape index (κ2) is 11.4. The van der Waals surface area contributed by atoms with E-state index < -0.39 is 40.9 Å². The topological polar surface area (TPSA) is 135 Å². The van der Waals surface area contributed by atoms with Gasteiger partial charge in [-0.25, -0.2) is 32.9 Å². The Morgan fingerprint density at radius 2 is 1.81 bits per heavy atom. The molecule has 1 aliphatic carbocycles. The number of hydrogen-bond acceptors (Lipinski definition) is 8. The summed E-state index contributed by atoms with van der Waals surface area (Å²) in [5.74, 6) is 0.679. The summed E-state index contributed by atoms with van der Waals surface area (Å²) >= 11 is 0. The molecule has 1 saturated carbocycles. The fourth-order valence-corrected chi connectivity index (χ4v) is 5.05. The molecule has 10 nitrogen and oxygen atoms in total. The van der Waals surface area contributed by atoms with Crippen LogP contribution in [0.4, 0.5) is 29.7 Å². The van der Waals surface area contributed by atoms with Crippen molar-refractivity contribution in [3.05, 3.63) is 36.3 Å². The Hall–Kier alpha value is -3.00. The Morgan fingerprint density at radius 1 is 1.11 bits per heavy atom. The third-order valence-electron chi connectivity index (χ3n) is 5.38. The number of carbonyl (C=O) groups excluding carboxylic acids is 1. The molecule has 3 rings (SSSR count). The van der Waals surface area contributed by atoms with E-state index in [0.29, 0.717) is 25.1 Å². The van der Waals surface area contributed by atoms with Crippen molar-refractivity contribution >= 4 is 27.9 Å². The van der Waals surface area contributed by atoms with Crippen LogP contribution in [-0.4, -0.2) is 53.8 Å². The van der Waals surface area contributed by atoms with Gasteiger partial charge in [0.05, 0.1) is 6.42 Å². The Balaban J connectivity index is 1.50. The first-order valence-electron chi connectivity index (χ1n) is 11.4. The molecule has 0 unspecified atom stereocenters. The third-order valence-corrected chi connectivity index (χ3v) is 7.02. The van der Waals surface area contributed by atoms with Crippen LogP contribution in [-0.2, 0) is 14.8 Å². The van der Waals surface area contributed by atoms with Crippen molar-refractivity contribution in [2.75, 3.05) is 5.32 Å². The summed E-state index contributed by atoms with van der Waals surface area (Å²) in [6, 6.07) is 1.61. The lowest BCUT2D eigenvalue weighted by Crippen LogP contribution is -2.37. The number of amides is 1. The SMILES string of the molecule is CC(C)NS(=O)(=O)c1ccc(Nc2ncc([C@@H]3CC[C@H](OC(=O)N[C@@H](C)CC(F)(F)F)C3)cn2)nc1. The molecule has 14 heteroatoms. The van der Waals surface area contributed by atoms with Gasteiger partial charge in [0.2, 0.25) is 16.0 Å². The number of halogens is 3. The van der Waals surface area contributed by atoms with E-state index in [-0.39, 0.29) is 22.8 Å². The number of alkyl carbamates (subject to hydrolysis) is 1. The maximum absolute atomic E-state index is 12.4. The molecule has 1 fully saturated rings. The maximum Gasteiger partial charge on any atom is 0.407 e. The zero-order chi connectivity index (χ0) is 26.5. The number of hydrogen-bond donors (Lipinski definition) is 3. The fourth-order valence-electron chi connectivity index (χ4n) is 3.85. The molecule has 0 aromatic carbocycles. The monoisotopic (exact) mass is 530 g/mol. The second-order valence-electron chi connectivity index (χ2n) is 9.02. The molecule has 2 aromatic rings. The molecular formula is C22H29F3N6O4S. The van der Waals surface area contributed by atoms with Crippen LogP contribution in [0.25, 0.3) is 0 Å². The van der Waals surface area contributed by atoms with Gasteiger partial charge in [0.15, 0.2) is 0 Å². The van der Waals surface area contributed by atoms with Crippen LogP contribution in [0.15, 0.2) is 35.6 Å². The second-order valence-corrected chi connectivity index (χ2v) is 10.7. The molecule has 3 N–H and O–H groups in total. The summed E-state index contributed by atoms with van der Waals surface area (Å²) in [4.78, 5) is 24.6. The zero-order valence-electron chi connectivity index (χ0n) is 20.0. The summed E-state index contributed by atoms with van der Waals surface area (Å²) in [6.07, 6.45) is -0.435. The molecule has 0 bridgehead atoms. The van der Waals surface area contributed by atoms with Gasteiger partial charge in [0, 0.05) is 30.7 Å². The van der Waals surface area contributed by atoms with Crippen molar-refractivity contribution in [1.82, 2.24) is 25.0 Å². The van der Waals surface area contributed by atoms with E-state index in [1.807, 2.05) is 0 Å². The number of rotatable bonds is 9. The minimum atomic E-state index is -4.36. The average molecular weight is 531 g/mol. The summed E-state index contributed by atoms with van der Waals surface area (Å²) in [7, 11) is -3.64. The maximum atomic E-state index is 12.4. The van der Waals surface area contributed by atoms with Gasteiger partial charge in [-0.1, -0.05) is 0 Å². The van der Waals surface area contributed by atoms with Crippen LogP contribution < -0.4 is 15.4 Å².